The fourth-order valence-electron chi connectivity index (χ4n) is 1.71. The lowest BCUT2D eigenvalue weighted by Crippen LogP contribution is -2.41. The van der Waals surface area contributed by atoms with E-state index in [9.17, 15) is 4.79 Å². The van der Waals surface area contributed by atoms with E-state index in [1.165, 1.54) is 10.7 Å². The van der Waals surface area contributed by atoms with Gasteiger partial charge in [0.2, 0.25) is 0 Å². The first-order chi connectivity index (χ1) is 8.46. The molecule has 0 radical (unpaired) electrons. The molecule has 0 aliphatic carbocycles. The van der Waals surface area contributed by atoms with Crippen molar-refractivity contribution in [3.05, 3.63) is 52.8 Å². The predicted molar refractivity (Wildman–Crippen MR) is 72.2 cm³/mol. The number of hydrogen-bond donors (Lipinski definition) is 1. The van der Waals surface area contributed by atoms with Crippen LogP contribution in [0.4, 0.5) is 0 Å². The molecule has 0 aliphatic rings. The van der Waals surface area contributed by atoms with Crippen molar-refractivity contribution in [2.45, 2.75) is 25.9 Å². The van der Waals surface area contributed by atoms with Gasteiger partial charge in [-0.1, -0.05) is 30.3 Å². The first-order valence-corrected chi connectivity index (χ1v) is 5.88. The summed E-state index contributed by atoms with van der Waals surface area (Å²) in [5.41, 5.74) is 7.09. The summed E-state index contributed by atoms with van der Waals surface area (Å²) in [5, 5.41) is 4.35. The van der Waals surface area contributed by atoms with E-state index in [-0.39, 0.29) is 5.56 Å². The molecule has 2 rings (SSSR count). The summed E-state index contributed by atoms with van der Waals surface area (Å²) in [7, 11) is 0. The van der Waals surface area contributed by atoms with Crippen LogP contribution in [-0.2, 0) is 6.54 Å². The molecule has 1 aromatic carbocycles. The number of nitrogens with two attached hydrogens (primary N) is 1. The van der Waals surface area contributed by atoms with Crippen LogP contribution in [0.5, 0.6) is 0 Å². The van der Waals surface area contributed by atoms with Gasteiger partial charge < -0.3 is 5.73 Å². The molecule has 0 fully saturated rings. The van der Waals surface area contributed by atoms with Crippen LogP contribution in [0, 0.1) is 0 Å². The maximum atomic E-state index is 11.7. The van der Waals surface area contributed by atoms with Crippen molar-refractivity contribution in [1.29, 1.82) is 0 Å². The van der Waals surface area contributed by atoms with Gasteiger partial charge in [-0.2, -0.15) is 5.10 Å². The highest BCUT2D eigenvalue weighted by Crippen LogP contribution is 2.14. The Balaban J connectivity index is 2.42. The maximum Gasteiger partial charge on any atom is 0.266 e. The van der Waals surface area contributed by atoms with Gasteiger partial charge in [-0.15, -0.1) is 0 Å². The Morgan fingerprint density at radius 3 is 2.44 bits per heavy atom. The number of rotatable bonds is 3. The summed E-state index contributed by atoms with van der Waals surface area (Å²) < 4.78 is 1.42. The molecule has 0 amide bonds. The molecule has 0 spiro atoms. The molecular formula is C14H17N3O. The smallest absolute Gasteiger partial charge is 0.266 e. The van der Waals surface area contributed by atoms with E-state index in [2.05, 4.69) is 5.10 Å². The number of benzene rings is 1. The van der Waals surface area contributed by atoms with Crippen LogP contribution in [0.1, 0.15) is 13.8 Å². The summed E-state index contributed by atoms with van der Waals surface area (Å²) in [5.74, 6) is 0. The summed E-state index contributed by atoms with van der Waals surface area (Å²) >= 11 is 0. The SMILES string of the molecule is CC(C)(N)Cn1nc(-c2ccccc2)ccc1=O. The second-order valence-electron chi connectivity index (χ2n) is 5.07. The minimum absolute atomic E-state index is 0.131. The highest BCUT2D eigenvalue weighted by Gasteiger charge is 2.13. The molecule has 2 aromatic rings. The summed E-state index contributed by atoms with van der Waals surface area (Å²) in [6.07, 6.45) is 0. The largest absolute Gasteiger partial charge is 0.324 e. The zero-order valence-corrected chi connectivity index (χ0v) is 10.6. The van der Waals surface area contributed by atoms with Crippen LogP contribution in [0.3, 0.4) is 0 Å². The van der Waals surface area contributed by atoms with Gasteiger partial charge >= 0.3 is 0 Å². The second-order valence-corrected chi connectivity index (χ2v) is 5.07. The van der Waals surface area contributed by atoms with Gasteiger partial charge in [-0.05, 0) is 19.9 Å². The van der Waals surface area contributed by atoms with E-state index in [0.717, 1.165) is 11.3 Å². The Hall–Kier alpha value is -1.94. The lowest BCUT2D eigenvalue weighted by atomic mass is 10.1. The Morgan fingerprint density at radius 2 is 1.83 bits per heavy atom. The van der Waals surface area contributed by atoms with Crippen molar-refractivity contribution in [2.24, 2.45) is 5.73 Å². The second kappa shape index (κ2) is 4.74. The monoisotopic (exact) mass is 243 g/mol. The summed E-state index contributed by atoms with van der Waals surface area (Å²) in [6.45, 7) is 4.14. The topological polar surface area (TPSA) is 60.9 Å². The van der Waals surface area contributed by atoms with Gasteiger partial charge in [0, 0.05) is 17.2 Å². The molecule has 0 bridgehead atoms. The molecule has 18 heavy (non-hydrogen) atoms. The van der Waals surface area contributed by atoms with Gasteiger partial charge in [0.15, 0.2) is 0 Å². The first kappa shape index (κ1) is 12.5. The number of aromatic nitrogens is 2. The van der Waals surface area contributed by atoms with E-state index in [1.54, 1.807) is 6.07 Å². The fraction of sp³-hybridized carbons (Fsp3) is 0.286. The van der Waals surface area contributed by atoms with Crippen LogP contribution >= 0.6 is 0 Å². The molecule has 4 nitrogen and oxygen atoms in total. The molecule has 2 N–H and O–H groups in total. The molecule has 0 atom stereocenters. The molecule has 1 heterocycles. The maximum absolute atomic E-state index is 11.7. The molecule has 0 unspecified atom stereocenters. The van der Waals surface area contributed by atoms with Crippen molar-refractivity contribution in [3.8, 4) is 11.3 Å². The molecular weight excluding hydrogens is 226 g/mol. The standard InChI is InChI=1S/C14H17N3O/c1-14(2,15)10-17-13(18)9-8-12(16-17)11-6-4-3-5-7-11/h3-9H,10,15H2,1-2H3. The average Bonchev–Trinajstić information content (AvgIpc) is 2.31. The highest BCUT2D eigenvalue weighted by atomic mass is 16.1. The van der Waals surface area contributed by atoms with Crippen molar-refractivity contribution < 1.29 is 0 Å². The average molecular weight is 243 g/mol. The molecule has 4 heteroatoms. The van der Waals surface area contributed by atoms with E-state index >= 15 is 0 Å². The van der Waals surface area contributed by atoms with Gasteiger partial charge in [-0.3, -0.25) is 4.79 Å². The third kappa shape index (κ3) is 3.05. The lowest BCUT2D eigenvalue weighted by molar-refractivity contribution is 0.397. The normalized spacial score (nSPS) is 11.5. The van der Waals surface area contributed by atoms with E-state index in [4.69, 9.17) is 5.73 Å². The number of hydrogen-bond acceptors (Lipinski definition) is 3. The molecule has 0 aliphatic heterocycles. The van der Waals surface area contributed by atoms with Crippen molar-refractivity contribution in [3.63, 3.8) is 0 Å². The summed E-state index contributed by atoms with van der Waals surface area (Å²) in [4.78, 5) is 11.7. The van der Waals surface area contributed by atoms with Crippen LogP contribution < -0.4 is 11.3 Å². The first-order valence-electron chi connectivity index (χ1n) is 5.88. The Kier molecular flexibility index (Phi) is 3.30. The zero-order chi connectivity index (χ0) is 13.2. The minimum Gasteiger partial charge on any atom is -0.324 e. The zero-order valence-electron chi connectivity index (χ0n) is 10.6. The lowest BCUT2D eigenvalue weighted by Gasteiger charge is -2.19. The van der Waals surface area contributed by atoms with Crippen LogP contribution in [-0.4, -0.2) is 15.3 Å². The molecule has 1 aromatic heterocycles. The predicted octanol–water partition coefficient (Wildman–Crippen LogP) is 1.65. The van der Waals surface area contributed by atoms with Crippen LogP contribution in [0.15, 0.2) is 47.3 Å². The van der Waals surface area contributed by atoms with Crippen LogP contribution in [0.25, 0.3) is 11.3 Å². The minimum atomic E-state index is -0.466. The fourth-order valence-corrected chi connectivity index (χ4v) is 1.71. The third-order valence-electron chi connectivity index (χ3n) is 2.49. The third-order valence-corrected chi connectivity index (χ3v) is 2.49. The van der Waals surface area contributed by atoms with Gasteiger partial charge in [0.25, 0.3) is 5.56 Å². The summed E-state index contributed by atoms with van der Waals surface area (Å²) in [6, 6.07) is 13.0. The van der Waals surface area contributed by atoms with Gasteiger partial charge in [0.05, 0.1) is 12.2 Å². The van der Waals surface area contributed by atoms with Crippen molar-refractivity contribution in [2.75, 3.05) is 0 Å². The van der Waals surface area contributed by atoms with E-state index in [0.29, 0.717) is 6.54 Å². The van der Waals surface area contributed by atoms with Crippen molar-refractivity contribution >= 4 is 0 Å². The van der Waals surface area contributed by atoms with Gasteiger partial charge in [-0.25, -0.2) is 4.68 Å². The highest BCUT2D eigenvalue weighted by molar-refractivity contribution is 5.57. The molecule has 0 saturated heterocycles. The van der Waals surface area contributed by atoms with E-state index in [1.807, 2.05) is 44.2 Å². The molecule has 94 valence electrons. The number of nitrogens with zero attached hydrogens (tertiary/aromatic N) is 2. The van der Waals surface area contributed by atoms with Crippen molar-refractivity contribution in [1.82, 2.24) is 9.78 Å². The Morgan fingerprint density at radius 1 is 1.17 bits per heavy atom. The van der Waals surface area contributed by atoms with Crippen LogP contribution in [0.2, 0.25) is 0 Å². The van der Waals surface area contributed by atoms with Gasteiger partial charge in [0.1, 0.15) is 0 Å². The van der Waals surface area contributed by atoms with E-state index < -0.39 is 5.54 Å². The Bertz CT molecular complexity index is 582. The molecule has 0 saturated carbocycles. The Labute approximate surface area is 106 Å². The quantitative estimate of drug-likeness (QED) is 0.891.